The van der Waals surface area contributed by atoms with Crippen LogP contribution in [0.1, 0.15) is 70.3 Å². The number of halogens is 1. The van der Waals surface area contributed by atoms with Crippen LogP contribution in [0.2, 0.25) is 0 Å². The van der Waals surface area contributed by atoms with Gasteiger partial charge in [-0.1, -0.05) is 57.5 Å². The second-order valence-electron chi connectivity index (χ2n) is 6.77. The van der Waals surface area contributed by atoms with Crippen molar-refractivity contribution in [3.05, 3.63) is 70.7 Å². The molecule has 0 aliphatic carbocycles. The Labute approximate surface area is 206 Å². The number of hydrogen-bond acceptors (Lipinski definition) is 3. The van der Waals surface area contributed by atoms with Gasteiger partial charge in [-0.15, -0.1) is 24.1 Å². The lowest BCUT2D eigenvalue weighted by Crippen LogP contribution is -2.04. The summed E-state index contributed by atoms with van der Waals surface area (Å²) < 4.78 is 2.25. The van der Waals surface area contributed by atoms with Crippen LogP contribution in [0.5, 0.6) is 0 Å². The lowest BCUT2D eigenvalue weighted by Gasteiger charge is -2.12. The summed E-state index contributed by atoms with van der Waals surface area (Å²) in [7, 11) is 0. The molecule has 1 N–H and O–H groups in total. The van der Waals surface area contributed by atoms with Crippen molar-refractivity contribution >= 4 is 23.4 Å². The van der Waals surface area contributed by atoms with E-state index in [1.165, 1.54) is 22.6 Å². The van der Waals surface area contributed by atoms with Gasteiger partial charge in [-0.25, -0.2) is 0 Å². The summed E-state index contributed by atoms with van der Waals surface area (Å²) in [6, 6.07) is 4.03. The second-order valence-corrected chi connectivity index (χ2v) is 8.27. The minimum absolute atomic E-state index is 0.0632. The average Bonchev–Trinajstić information content (AvgIpc) is 3.04. The molecule has 0 unspecified atom stereocenters. The quantitative estimate of drug-likeness (QED) is 0.252. The molecule has 2 heterocycles. The van der Waals surface area contributed by atoms with Gasteiger partial charge in [0.15, 0.2) is 0 Å². The lowest BCUT2D eigenvalue weighted by molar-refractivity contribution is 0.279. The van der Waals surface area contributed by atoms with Crippen LogP contribution in [0.4, 0.5) is 0 Å². The van der Waals surface area contributed by atoms with Crippen molar-refractivity contribution in [2.45, 2.75) is 79.5 Å². The Balaban J connectivity index is 0. The van der Waals surface area contributed by atoms with Gasteiger partial charge in [0, 0.05) is 41.0 Å². The molecule has 0 saturated carbocycles. The predicted molar refractivity (Wildman–Crippen MR) is 144 cm³/mol. The molecular weight excluding hydrogens is 436 g/mol. The summed E-state index contributed by atoms with van der Waals surface area (Å²) in [5.41, 5.74) is 4.53. The number of aliphatic hydroxyl groups is 1. The Hall–Kier alpha value is -1.93. The molecule has 0 spiro atoms. The van der Waals surface area contributed by atoms with Crippen molar-refractivity contribution in [2.75, 3.05) is 5.75 Å². The van der Waals surface area contributed by atoms with Crippen LogP contribution < -0.4 is 0 Å². The normalized spacial score (nSPS) is 9.50. The Kier molecular flexibility index (Phi) is 21.1. The fourth-order valence-electron chi connectivity index (χ4n) is 2.57. The van der Waals surface area contributed by atoms with Gasteiger partial charge in [0.05, 0.1) is 11.6 Å². The molecule has 3 nitrogen and oxygen atoms in total. The van der Waals surface area contributed by atoms with Crippen LogP contribution in [-0.4, -0.2) is 20.4 Å². The maximum absolute atomic E-state index is 9.74. The number of allylic oxidation sites excluding steroid dienone is 2. The zero-order valence-electron chi connectivity index (χ0n) is 20.9. The molecule has 0 aromatic carbocycles. The van der Waals surface area contributed by atoms with Crippen LogP contribution in [0.15, 0.2) is 53.3 Å². The first-order chi connectivity index (χ1) is 15.3. The molecule has 0 bridgehead atoms. The van der Waals surface area contributed by atoms with Gasteiger partial charge in [-0.05, 0) is 57.4 Å². The molecule has 5 heteroatoms. The van der Waals surface area contributed by atoms with Gasteiger partial charge in [-0.3, -0.25) is 4.98 Å². The number of thioether (sulfide) groups is 1. The third-order valence-electron chi connectivity index (χ3n) is 4.01. The molecule has 0 fully saturated rings. The highest BCUT2D eigenvalue weighted by molar-refractivity contribution is 7.99. The van der Waals surface area contributed by atoms with Gasteiger partial charge >= 0.3 is 0 Å². The van der Waals surface area contributed by atoms with Crippen LogP contribution in [0.3, 0.4) is 0 Å². The van der Waals surface area contributed by atoms with Crippen LogP contribution >= 0.6 is 23.4 Å². The van der Waals surface area contributed by atoms with Gasteiger partial charge in [0.1, 0.15) is 0 Å². The molecule has 0 radical (unpaired) electrons. The minimum Gasteiger partial charge on any atom is -0.392 e. The van der Waals surface area contributed by atoms with Crippen LogP contribution in [0, 0.1) is 19.3 Å². The topological polar surface area (TPSA) is 38.0 Å². The Morgan fingerprint density at radius 1 is 1.22 bits per heavy atom. The maximum Gasteiger partial charge on any atom is 0.0793 e. The third kappa shape index (κ3) is 12.8. The molecule has 2 aromatic heterocycles. The van der Waals surface area contributed by atoms with Crippen molar-refractivity contribution in [3.63, 3.8) is 0 Å². The number of terminal acetylenes is 1. The maximum atomic E-state index is 9.74. The molecule has 32 heavy (non-hydrogen) atoms. The van der Waals surface area contributed by atoms with E-state index in [9.17, 15) is 5.11 Å². The third-order valence-corrected chi connectivity index (χ3v) is 5.53. The molecule has 0 aliphatic rings. The average molecular weight is 477 g/mol. The SMILES string of the molecule is C#CC.C/C=C/C.C=C(Cl)CSc1c(CC)c(CO)c(C)n1Cc1ccncc1.CCC. The fraction of sp³-hybridized carbons (Fsp3) is 0.444. The molecule has 178 valence electrons. The zero-order chi connectivity index (χ0) is 24.9. The molecule has 0 atom stereocenters. The Morgan fingerprint density at radius 2 is 1.72 bits per heavy atom. The summed E-state index contributed by atoms with van der Waals surface area (Å²) in [5, 5.41) is 11.5. The van der Waals surface area contributed by atoms with Crippen LogP contribution in [0.25, 0.3) is 0 Å². The molecular formula is C27H41ClN2OS. The highest BCUT2D eigenvalue weighted by Gasteiger charge is 2.19. The largest absolute Gasteiger partial charge is 0.392 e. The first-order valence-corrected chi connectivity index (χ1v) is 12.3. The van der Waals surface area contributed by atoms with Crippen LogP contribution in [-0.2, 0) is 19.6 Å². The summed E-state index contributed by atoms with van der Waals surface area (Å²) in [5.74, 6) is 2.92. The number of rotatable bonds is 7. The van der Waals surface area contributed by atoms with E-state index in [1.54, 1.807) is 31.1 Å². The number of aromatic nitrogens is 2. The number of pyridine rings is 1. The van der Waals surface area contributed by atoms with Crippen molar-refractivity contribution in [1.29, 1.82) is 0 Å². The second kappa shape index (κ2) is 20.9. The van der Waals surface area contributed by atoms with Crippen molar-refractivity contribution in [2.24, 2.45) is 0 Å². The van der Waals surface area contributed by atoms with E-state index in [1.807, 2.05) is 38.1 Å². The summed E-state index contributed by atoms with van der Waals surface area (Å²) in [6.07, 6.45) is 14.3. The summed E-state index contributed by atoms with van der Waals surface area (Å²) in [6.45, 7) is 18.7. The van der Waals surface area contributed by atoms with Crippen molar-refractivity contribution in [1.82, 2.24) is 9.55 Å². The summed E-state index contributed by atoms with van der Waals surface area (Å²) >= 11 is 7.61. The molecule has 0 amide bonds. The monoisotopic (exact) mass is 476 g/mol. The first kappa shape index (κ1) is 32.3. The first-order valence-electron chi connectivity index (χ1n) is 10.9. The van der Waals surface area contributed by atoms with Gasteiger partial charge in [-0.2, -0.15) is 0 Å². The lowest BCUT2D eigenvalue weighted by atomic mass is 10.1. The van der Waals surface area contributed by atoms with Gasteiger partial charge in [0.2, 0.25) is 0 Å². The molecule has 0 saturated heterocycles. The summed E-state index contributed by atoms with van der Waals surface area (Å²) in [4.78, 5) is 4.06. The number of nitrogens with zero attached hydrogens (tertiary/aromatic N) is 2. The zero-order valence-corrected chi connectivity index (χ0v) is 22.5. The standard InChI is InChI=1S/C17H21ClN2OS.C4H8.C3H8.C3H4/c1-4-15-16(10-21)13(3)20(17(15)22-11-12(2)18)9-14-5-7-19-8-6-14;1-3-4-2;2*1-3-2/h5-8,21H,2,4,9-11H2,1,3H3;3-4H,1-2H3;3H2,1-2H3;1H,2H3/b;4-3+;;. The number of hydrogen-bond donors (Lipinski definition) is 1. The minimum atomic E-state index is 0.0632. The van der Waals surface area contributed by atoms with E-state index in [2.05, 4.69) is 56.2 Å². The molecule has 0 aliphatic heterocycles. The van der Waals surface area contributed by atoms with E-state index in [-0.39, 0.29) is 6.61 Å². The predicted octanol–water partition coefficient (Wildman–Crippen LogP) is 7.78. The Morgan fingerprint density at radius 3 is 2.09 bits per heavy atom. The fourth-order valence-corrected chi connectivity index (χ4v) is 3.83. The van der Waals surface area contributed by atoms with E-state index in [4.69, 9.17) is 11.6 Å². The van der Waals surface area contributed by atoms with Gasteiger partial charge in [0.25, 0.3) is 0 Å². The van der Waals surface area contributed by atoms with Crippen molar-refractivity contribution < 1.29 is 5.11 Å². The highest BCUT2D eigenvalue weighted by atomic mass is 35.5. The van der Waals surface area contributed by atoms with E-state index in [0.717, 1.165) is 24.2 Å². The van der Waals surface area contributed by atoms with E-state index in [0.29, 0.717) is 10.8 Å². The number of aliphatic hydroxyl groups excluding tert-OH is 1. The van der Waals surface area contributed by atoms with Crippen molar-refractivity contribution in [3.8, 4) is 12.3 Å². The molecule has 2 aromatic rings. The highest BCUT2D eigenvalue weighted by Crippen LogP contribution is 2.33. The van der Waals surface area contributed by atoms with Gasteiger partial charge < -0.3 is 9.67 Å². The molecule has 2 rings (SSSR count). The smallest absolute Gasteiger partial charge is 0.0793 e. The van der Waals surface area contributed by atoms with E-state index >= 15 is 0 Å². The van der Waals surface area contributed by atoms with E-state index < -0.39 is 0 Å². The Bertz CT molecular complexity index is 816.